The smallest absolute Gasteiger partial charge is 0.182 e. The van der Waals surface area contributed by atoms with E-state index in [2.05, 4.69) is 9.97 Å². The summed E-state index contributed by atoms with van der Waals surface area (Å²) in [6.45, 7) is 1.99. The van der Waals surface area contributed by atoms with Gasteiger partial charge in [0, 0.05) is 11.2 Å². The SMILES string of the molecule is Cc1c(Cl)cccc1-n1c(=S)[nH]c2cnccc21. The van der Waals surface area contributed by atoms with Gasteiger partial charge in [-0.2, -0.15) is 0 Å². The second kappa shape index (κ2) is 4.23. The molecule has 0 radical (unpaired) electrons. The molecule has 0 fully saturated rings. The highest BCUT2D eigenvalue weighted by Crippen LogP contribution is 2.25. The first-order chi connectivity index (χ1) is 8.68. The summed E-state index contributed by atoms with van der Waals surface area (Å²) in [5.41, 5.74) is 3.92. The summed E-state index contributed by atoms with van der Waals surface area (Å²) >= 11 is 11.5. The zero-order chi connectivity index (χ0) is 12.7. The van der Waals surface area contributed by atoms with Gasteiger partial charge >= 0.3 is 0 Å². The highest BCUT2D eigenvalue weighted by Gasteiger charge is 2.09. The molecule has 2 aromatic heterocycles. The van der Waals surface area contributed by atoms with Gasteiger partial charge in [-0.25, -0.2) is 0 Å². The maximum atomic E-state index is 6.16. The number of hydrogen-bond acceptors (Lipinski definition) is 2. The van der Waals surface area contributed by atoms with Gasteiger partial charge in [-0.15, -0.1) is 0 Å². The van der Waals surface area contributed by atoms with E-state index in [1.54, 1.807) is 12.4 Å². The molecule has 0 spiro atoms. The van der Waals surface area contributed by atoms with Gasteiger partial charge < -0.3 is 4.98 Å². The fourth-order valence-corrected chi connectivity index (χ4v) is 2.51. The van der Waals surface area contributed by atoms with E-state index in [4.69, 9.17) is 23.8 Å². The molecule has 0 aliphatic carbocycles. The van der Waals surface area contributed by atoms with E-state index in [1.165, 1.54) is 0 Å². The molecule has 0 unspecified atom stereocenters. The normalized spacial score (nSPS) is 11.0. The van der Waals surface area contributed by atoms with Crippen molar-refractivity contribution < 1.29 is 0 Å². The van der Waals surface area contributed by atoms with E-state index in [-0.39, 0.29) is 0 Å². The Bertz CT molecular complexity index is 788. The highest BCUT2D eigenvalue weighted by atomic mass is 35.5. The van der Waals surface area contributed by atoms with Gasteiger partial charge in [-0.05, 0) is 42.9 Å². The average Bonchev–Trinajstić information content (AvgIpc) is 2.69. The van der Waals surface area contributed by atoms with Gasteiger partial charge in [0.25, 0.3) is 0 Å². The number of pyridine rings is 1. The Hall–Kier alpha value is -1.65. The highest BCUT2D eigenvalue weighted by molar-refractivity contribution is 7.71. The number of benzene rings is 1. The second-order valence-electron chi connectivity index (χ2n) is 4.04. The lowest BCUT2D eigenvalue weighted by Crippen LogP contribution is -1.97. The zero-order valence-corrected chi connectivity index (χ0v) is 11.2. The van der Waals surface area contributed by atoms with E-state index in [1.807, 2.05) is 35.8 Å². The first kappa shape index (κ1) is 11.4. The molecule has 0 saturated carbocycles. The van der Waals surface area contributed by atoms with Crippen molar-refractivity contribution >= 4 is 34.9 Å². The third kappa shape index (κ3) is 1.65. The molecule has 0 bridgehead atoms. The monoisotopic (exact) mass is 275 g/mol. The number of nitrogens with zero attached hydrogens (tertiary/aromatic N) is 2. The summed E-state index contributed by atoms with van der Waals surface area (Å²) in [6.07, 6.45) is 3.52. The molecule has 1 aromatic carbocycles. The largest absolute Gasteiger partial charge is 0.329 e. The molecule has 0 amide bonds. The van der Waals surface area contributed by atoms with Crippen LogP contribution in [-0.4, -0.2) is 14.5 Å². The van der Waals surface area contributed by atoms with E-state index in [0.717, 1.165) is 27.3 Å². The van der Waals surface area contributed by atoms with Crippen molar-refractivity contribution in [3.05, 3.63) is 52.0 Å². The second-order valence-corrected chi connectivity index (χ2v) is 4.84. The van der Waals surface area contributed by atoms with Crippen molar-refractivity contribution in [2.24, 2.45) is 0 Å². The lowest BCUT2D eigenvalue weighted by molar-refractivity contribution is 1.05. The topological polar surface area (TPSA) is 33.6 Å². The van der Waals surface area contributed by atoms with Gasteiger partial charge in [0.2, 0.25) is 0 Å². The number of hydrogen-bond donors (Lipinski definition) is 1. The lowest BCUT2D eigenvalue weighted by Gasteiger charge is -2.09. The standard InChI is InChI=1S/C13H10ClN3S/c1-8-9(14)3-2-4-11(8)17-12-5-6-15-7-10(12)16-13(17)18/h2-7H,1H3,(H,16,18). The van der Waals surface area contributed by atoms with Crippen LogP contribution in [0.3, 0.4) is 0 Å². The Morgan fingerprint density at radius 1 is 1.33 bits per heavy atom. The number of H-pyrrole nitrogens is 1. The molecule has 90 valence electrons. The minimum atomic E-state index is 0.642. The van der Waals surface area contributed by atoms with E-state index in [9.17, 15) is 0 Å². The predicted molar refractivity (Wildman–Crippen MR) is 76.0 cm³/mol. The summed E-state index contributed by atoms with van der Waals surface area (Å²) in [5, 5.41) is 0.734. The van der Waals surface area contributed by atoms with Crippen LogP contribution < -0.4 is 0 Å². The van der Waals surface area contributed by atoms with Crippen LogP contribution in [0.4, 0.5) is 0 Å². The number of rotatable bonds is 1. The molecule has 5 heteroatoms. The quantitative estimate of drug-likeness (QED) is 0.680. The Balaban J connectivity index is 2.42. The van der Waals surface area contributed by atoms with Crippen molar-refractivity contribution in [3.8, 4) is 5.69 Å². The maximum Gasteiger partial charge on any atom is 0.182 e. The van der Waals surface area contributed by atoms with Gasteiger partial charge in [0.1, 0.15) is 0 Å². The van der Waals surface area contributed by atoms with Crippen LogP contribution >= 0.6 is 23.8 Å². The minimum Gasteiger partial charge on any atom is -0.329 e. The molecule has 18 heavy (non-hydrogen) atoms. The predicted octanol–water partition coefficient (Wildman–Crippen LogP) is 4.04. The van der Waals surface area contributed by atoms with E-state index < -0.39 is 0 Å². The third-order valence-electron chi connectivity index (χ3n) is 2.96. The van der Waals surface area contributed by atoms with Gasteiger partial charge in [-0.1, -0.05) is 17.7 Å². The van der Waals surface area contributed by atoms with Crippen molar-refractivity contribution in [1.29, 1.82) is 0 Å². The molecular weight excluding hydrogens is 266 g/mol. The van der Waals surface area contributed by atoms with Crippen LogP contribution in [0.2, 0.25) is 5.02 Å². The van der Waals surface area contributed by atoms with Crippen LogP contribution in [0, 0.1) is 11.7 Å². The summed E-state index contributed by atoms with van der Waals surface area (Å²) in [7, 11) is 0. The molecule has 1 N–H and O–H groups in total. The van der Waals surface area contributed by atoms with Crippen LogP contribution in [-0.2, 0) is 0 Å². The van der Waals surface area contributed by atoms with Crippen LogP contribution in [0.1, 0.15) is 5.56 Å². The summed E-state index contributed by atoms with van der Waals surface area (Å²) in [5.74, 6) is 0. The first-order valence-corrected chi connectivity index (χ1v) is 6.27. The third-order valence-corrected chi connectivity index (χ3v) is 3.66. The number of fused-ring (bicyclic) bond motifs is 1. The Labute approximate surface area is 114 Å². The molecule has 0 aliphatic heterocycles. The number of nitrogens with one attached hydrogen (secondary N) is 1. The molecular formula is C13H10ClN3S. The van der Waals surface area contributed by atoms with Gasteiger partial charge in [-0.3, -0.25) is 9.55 Å². The number of aromatic nitrogens is 3. The van der Waals surface area contributed by atoms with Crippen LogP contribution in [0.15, 0.2) is 36.7 Å². The molecule has 2 heterocycles. The van der Waals surface area contributed by atoms with Crippen molar-refractivity contribution in [2.45, 2.75) is 6.92 Å². The Morgan fingerprint density at radius 2 is 2.17 bits per heavy atom. The Morgan fingerprint density at radius 3 is 3.00 bits per heavy atom. The molecule has 3 rings (SSSR count). The molecule has 3 aromatic rings. The number of imidazole rings is 1. The van der Waals surface area contributed by atoms with Crippen LogP contribution in [0.25, 0.3) is 16.7 Å². The lowest BCUT2D eigenvalue weighted by atomic mass is 10.2. The van der Waals surface area contributed by atoms with Crippen molar-refractivity contribution in [3.63, 3.8) is 0 Å². The number of aromatic amines is 1. The molecule has 3 nitrogen and oxygen atoms in total. The first-order valence-electron chi connectivity index (χ1n) is 5.49. The van der Waals surface area contributed by atoms with Crippen LogP contribution in [0.5, 0.6) is 0 Å². The number of halogens is 1. The maximum absolute atomic E-state index is 6.16. The summed E-state index contributed by atoms with van der Waals surface area (Å²) in [4.78, 5) is 7.23. The summed E-state index contributed by atoms with van der Waals surface area (Å²) < 4.78 is 2.62. The fraction of sp³-hybridized carbons (Fsp3) is 0.0769. The molecule has 0 atom stereocenters. The molecule has 0 saturated heterocycles. The van der Waals surface area contributed by atoms with Crippen molar-refractivity contribution in [2.75, 3.05) is 0 Å². The Kier molecular flexibility index (Phi) is 2.69. The van der Waals surface area contributed by atoms with E-state index in [0.29, 0.717) is 4.77 Å². The van der Waals surface area contributed by atoms with Gasteiger partial charge in [0.05, 0.1) is 22.9 Å². The fourth-order valence-electron chi connectivity index (χ4n) is 2.04. The molecule has 0 aliphatic rings. The zero-order valence-electron chi connectivity index (χ0n) is 9.64. The minimum absolute atomic E-state index is 0.642. The van der Waals surface area contributed by atoms with E-state index >= 15 is 0 Å². The summed E-state index contributed by atoms with van der Waals surface area (Å²) in [6, 6.07) is 7.74. The van der Waals surface area contributed by atoms with Gasteiger partial charge in [0.15, 0.2) is 4.77 Å². The average molecular weight is 276 g/mol. The van der Waals surface area contributed by atoms with Crippen molar-refractivity contribution in [1.82, 2.24) is 14.5 Å².